The number of phenols is 1. The molecule has 2 heterocycles. The molecule has 1 aliphatic rings. The molecule has 0 aliphatic carbocycles. The highest BCUT2D eigenvalue weighted by Gasteiger charge is 2.22. The minimum absolute atomic E-state index is 0.217. The largest absolute Gasteiger partial charge is 0.507 e. The number of hydrogen-bond acceptors (Lipinski definition) is 5. The van der Waals surface area contributed by atoms with Crippen molar-refractivity contribution in [2.45, 2.75) is 31.4 Å². The van der Waals surface area contributed by atoms with Crippen molar-refractivity contribution in [2.75, 3.05) is 5.75 Å². The first-order valence-corrected chi connectivity index (χ1v) is 7.55. The predicted octanol–water partition coefficient (Wildman–Crippen LogP) is 3.71. The van der Waals surface area contributed by atoms with Crippen molar-refractivity contribution in [1.29, 1.82) is 0 Å². The van der Waals surface area contributed by atoms with Crippen LogP contribution in [0.1, 0.15) is 35.9 Å². The van der Waals surface area contributed by atoms with E-state index in [9.17, 15) is 5.11 Å². The van der Waals surface area contributed by atoms with Gasteiger partial charge in [0.1, 0.15) is 5.75 Å². The second-order valence-corrected chi connectivity index (χ2v) is 6.09. The molecule has 0 spiro atoms. The summed E-state index contributed by atoms with van der Waals surface area (Å²) in [5.74, 6) is 2.53. The summed E-state index contributed by atoms with van der Waals surface area (Å²) in [6.07, 6.45) is 3.59. The maximum Gasteiger partial charge on any atom is 0.261 e. The monoisotopic (exact) mass is 276 g/mol. The average molecular weight is 276 g/mol. The van der Waals surface area contributed by atoms with Crippen LogP contribution in [0.3, 0.4) is 0 Å². The van der Waals surface area contributed by atoms with Gasteiger partial charge in [-0.25, -0.2) is 0 Å². The molecule has 1 fully saturated rings. The summed E-state index contributed by atoms with van der Waals surface area (Å²) in [4.78, 5) is 4.45. The van der Waals surface area contributed by atoms with Crippen LogP contribution < -0.4 is 0 Å². The lowest BCUT2D eigenvalue weighted by atomic mass is 10.1. The number of thioether (sulfide) groups is 1. The minimum atomic E-state index is 0.217. The quantitative estimate of drug-likeness (QED) is 0.906. The van der Waals surface area contributed by atoms with E-state index < -0.39 is 0 Å². The SMILES string of the molecule is Cc1cccc(-c2nc(C3CCCCS3)no2)c1O. The minimum Gasteiger partial charge on any atom is -0.507 e. The van der Waals surface area contributed by atoms with Gasteiger partial charge in [0.05, 0.1) is 10.8 Å². The third-order valence-electron chi connectivity index (χ3n) is 3.38. The molecule has 100 valence electrons. The van der Waals surface area contributed by atoms with E-state index in [4.69, 9.17) is 4.52 Å². The summed E-state index contributed by atoms with van der Waals surface area (Å²) in [6, 6.07) is 5.53. The van der Waals surface area contributed by atoms with Gasteiger partial charge in [-0.15, -0.1) is 0 Å². The second kappa shape index (κ2) is 5.25. The molecule has 4 nitrogen and oxygen atoms in total. The zero-order valence-corrected chi connectivity index (χ0v) is 11.6. The summed E-state index contributed by atoms with van der Waals surface area (Å²) < 4.78 is 5.31. The Morgan fingerprint density at radius 1 is 1.37 bits per heavy atom. The van der Waals surface area contributed by atoms with E-state index in [0.717, 1.165) is 23.6 Å². The molecule has 19 heavy (non-hydrogen) atoms. The van der Waals surface area contributed by atoms with E-state index in [-0.39, 0.29) is 5.75 Å². The van der Waals surface area contributed by atoms with Crippen molar-refractivity contribution in [1.82, 2.24) is 10.1 Å². The molecule has 2 aromatic rings. The number of rotatable bonds is 2. The highest BCUT2D eigenvalue weighted by Crippen LogP contribution is 2.38. The molecular formula is C14H16N2O2S. The maximum absolute atomic E-state index is 10.0. The molecule has 0 saturated carbocycles. The van der Waals surface area contributed by atoms with E-state index in [2.05, 4.69) is 10.1 Å². The molecule has 1 aromatic carbocycles. The molecule has 1 N–H and O–H groups in total. The Kier molecular flexibility index (Phi) is 3.46. The Labute approximate surface area is 116 Å². The van der Waals surface area contributed by atoms with Gasteiger partial charge in [0.25, 0.3) is 5.89 Å². The van der Waals surface area contributed by atoms with Gasteiger partial charge in [-0.3, -0.25) is 0 Å². The fourth-order valence-corrected chi connectivity index (χ4v) is 3.48. The second-order valence-electron chi connectivity index (χ2n) is 4.78. The Hall–Kier alpha value is -1.49. The number of aromatic nitrogens is 2. The molecule has 5 heteroatoms. The summed E-state index contributed by atoms with van der Waals surface area (Å²) in [7, 11) is 0. The van der Waals surface area contributed by atoms with Crippen molar-refractivity contribution in [2.24, 2.45) is 0 Å². The van der Waals surface area contributed by atoms with Gasteiger partial charge in [-0.05, 0) is 37.1 Å². The molecular weight excluding hydrogens is 260 g/mol. The van der Waals surface area contributed by atoms with Gasteiger partial charge in [-0.2, -0.15) is 16.7 Å². The molecule has 0 bridgehead atoms. The maximum atomic E-state index is 10.0. The molecule has 3 rings (SSSR count). The average Bonchev–Trinajstić information content (AvgIpc) is 2.92. The first-order chi connectivity index (χ1) is 9.25. The highest BCUT2D eigenvalue weighted by molar-refractivity contribution is 7.99. The normalized spacial score (nSPS) is 19.5. The van der Waals surface area contributed by atoms with Crippen LogP contribution in [0.15, 0.2) is 22.7 Å². The standard InChI is InChI=1S/C14H16N2O2S/c1-9-5-4-6-10(12(9)17)14-15-13(16-18-14)11-7-2-3-8-19-11/h4-6,11,17H,2-3,7-8H2,1H3. The van der Waals surface area contributed by atoms with E-state index in [0.29, 0.717) is 16.7 Å². The van der Waals surface area contributed by atoms with Crippen LogP contribution in [0, 0.1) is 6.92 Å². The Morgan fingerprint density at radius 2 is 2.26 bits per heavy atom. The van der Waals surface area contributed by atoms with Crippen LogP contribution in [0.5, 0.6) is 5.75 Å². The Morgan fingerprint density at radius 3 is 3.05 bits per heavy atom. The lowest BCUT2D eigenvalue weighted by Gasteiger charge is -2.17. The summed E-state index contributed by atoms with van der Waals surface area (Å²) in [5.41, 5.74) is 1.42. The number of aromatic hydroxyl groups is 1. The van der Waals surface area contributed by atoms with E-state index in [1.807, 2.05) is 30.8 Å². The first-order valence-electron chi connectivity index (χ1n) is 6.50. The van der Waals surface area contributed by atoms with Gasteiger partial charge in [0, 0.05) is 0 Å². The van der Waals surface area contributed by atoms with Crippen LogP contribution in [0.4, 0.5) is 0 Å². The molecule has 1 atom stereocenters. The summed E-state index contributed by atoms with van der Waals surface area (Å²) in [5, 5.41) is 14.4. The third-order valence-corrected chi connectivity index (χ3v) is 4.75. The molecule has 0 radical (unpaired) electrons. The van der Waals surface area contributed by atoms with Crippen LogP contribution in [-0.2, 0) is 0 Å². The predicted molar refractivity (Wildman–Crippen MR) is 75.2 cm³/mol. The number of aryl methyl sites for hydroxylation is 1. The number of benzene rings is 1. The van der Waals surface area contributed by atoms with Gasteiger partial charge < -0.3 is 9.63 Å². The van der Waals surface area contributed by atoms with Crippen molar-refractivity contribution < 1.29 is 9.63 Å². The van der Waals surface area contributed by atoms with Gasteiger partial charge >= 0.3 is 0 Å². The molecule has 1 aromatic heterocycles. The topological polar surface area (TPSA) is 59.2 Å². The van der Waals surface area contributed by atoms with Crippen LogP contribution >= 0.6 is 11.8 Å². The Bertz CT molecular complexity index is 577. The first kappa shape index (κ1) is 12.5. The van der Waals surface area contributed by atoms with Crippen molar-refractivity contribution in [3.63, 3.8) is 0 Å². The number of hydrogen-bond donors (Lipinski definition) is 1. The smallest absolute Gasteiger partial charge is 0.261 e. The molecule has 1 aliphatic heterocycles. The number of para-hydroxylation sites is 1. The van der Waals surface area contributed by atoms with Crippen molar-refractivity contribution in [3.8, 4) is 17.2 Å². The zero-order chi connectivity index (χ0) is 13.2. The van der Waals surface area contributed by atoms with E-state index in [1.165, 1.54) is 12.8 Å². The van der Waals surface area contributed by atoms with Crippen molar-refractivity contribution >= 4 is 11.8 Å². The molecule has 1 saturated heterocycles. The Balaban J connectivity index is 1.90. The third kappa shape index (κ3) is 2.47. The van der Waals surface area contributed by atoms with Gasteiger partial charge in [0.15, 0.2) is 5.82 Å². The van der Waals surface area contributed by atoms with E-state index in [1.54, 1.807) is 6.07 Å². The van der Waals surface area contributed by atoms with Gasteiger partial charge in [0.2, 0.25) is 0 Å². The van der Waals surface area contributed by atoms with Crippen molar-refractivity contribution in [3.05, 3.63) is 29.6 Å². The molecule has 1 unspecified atom stereocenters. The summed E-state index contributed by atoms with van der Waals surface area (Å²) in [6.45, 7) is 1.85. The fourth-order valence-electron chi connectivity index (χ4n) is 2.25. The number of nitrogens with zero attached hydrogens (tertiary/aromatic N) is 2. The lowest BCUT2D eigenvalue weighted by Crippen LogP contribution is -2.03. The van der Waals surface area contributed by atoms with E-state index >= 15 is 0 Å². The van der Waals surface area contributed by atoms with Crippen LogP contribution in [-0.4, -0.2) is 21.0 Å². The van der Waals surface area contributed by atoms with Gasteiger partial charge in [-0.1, -0.05) is 23.7 Å². The van der Waals surface area contributed by atoms with Crippen LogP contribution in [0.2, 0.25) is 0 Å². The summed E-state index contributed by atoms with van der Waals surface area (Å²) >= 11 is 1.88. The molecule has 0 amide bonds. The zero-order valence-electron chi connectivity index (χ0n) is 10.8. The fraction of sp³-hybridized carbons (Fsp3) is 0.429. The lowest BCUT2D eigenvalue weighted by molar-refractivity contribution is 0.415. The van der Waals surface area contributed by atoms with Crippen LogP contribution in [0.25, 0.3) is 11.5 Å². The highest BCUT2D eigenvalue weighted by atomic mass is 32.2. The number of phenolic OH excluding ortho intramolecular Hbond substituents is 1.